The van der Waals surface area contributed by atoms with Crippen molar-refractivity contribution >= 4 is 12.2 Å². The van der Waals surface area contributed by atoms with Crippen molar-refractivity contribution in [2.75, 3.05) is 0 Å². The molecule has 1 heterocycles. The van der Waals surface area contributed by atoms with Gasteiger partial charge in [-0.25, -0.2) is 0 Å². The molecule has 4 heteroatoms. The van der Waals surface area contributed by atoms with Crippen LogP contribution in [-0.2, 0) is 26.2 Å². The molecule has 0 unspecified atom stereocenters. The molecule has 102 valence electrons. The predicted octanol–water partition coefficient (Wildman–Crippen LogP) is -3.87. The van der Waals surface area contributed by atoms with Crippen molar-refractivity contribution in [2.24, 2.45) is 0 Å². The fourth-order valence-electron chi connectivity index (χ4n) is 1.59. The maximum atomic E-state index is 3.80. The van der Waals surface area contributed by atoms with Gasteiger partial charge in [-0.05, 0) is 0 Å². The first-order chi connectivity index (χ1) is 8.16. The largest absolute Gasteiger partial charge is 4.00 e. The molecule has 1 aromatic heterocycles. The first-order valence-corrected chi connectivity index (χ1v) is 5.59. The van der Waals surface area contributed by atoms with Crippen LogP contribution in [0.15, 0.2) is 42.6 Å². The van der Waals surface area contributed by atoms with Gasteiger partial charge in [0.05, 0.1) is 0 Å². The number of nitrogens with one attached hydrogen (secondary N) is 1. The summed E-state index contributed by atoms with van der Waals surface area (Å²) >= 11 is 0. The van der Waals surface area contributed by atoms with Crippen molar-refractivity contribution in [1.82, 2.24) is 4.98 Å². The summed E-state index contributed by atoms with van der Waals surface area (Å²) in [5.74, 6) is 0. The Hall–Kier alpha value is -0.557. The van der Waals surface area contributed by atoms with Gasteiger partial charge in [0, 0.05) is 0 Å². The zero-order chi connectivity index (χ0) is 12.3. The molecule has 1 aliphatic carbocycles. The Morgan fingerprint density at radius 3 is 2.20 bits per heavy atom. The second-order valence-corrected chi connectivity index (χ2v) is 4.10. The first-order valence-electron chi connectivity index (χ1n) is 5.59. The zero-order valence-electron chi connectivity index (χ0n) is 11.4. The Labute approximate surface area is 151 Å². The molecular weight excluding hydrogens is 368 g/mol. The van der Waals surface area contributed by atoms with Crippen molar-refractivity contribution in [3.63, 3.8) is 0 Å². The normalized spacial score (nSPS) is 10.2. The number of aryl methyl sites for hydroxylation is 2. The van der Waals surface area contributed by atoms with E-state index in [0.717, 1.165) is 10.8 Å². The van der Waals surface area contributed by atoms with Gasteiger partial charge in [0.2, 0.25) is 0 Å². The molecule has 0 aliphatic heterocycles. The average molecular weight is 383 g/mol. The molecule has 1 N–H and O–H groups in total. The van der Waals surface area contributed by atoms with Crippen LogP contribution < -0.4 is 35.3 Å². The molecule has 0 bridgehead atoms. The summed E-state index contributed by atoms with van der Waals surface area (Å²) in [6.07, 6.45) is 10.1. The summed E-state index contributed by atoms with van der Waals surface area (Å²) in [5, 5.41) is 2.39. The molecule has 3 rings (SSSR count). The summed E-state index contributed by atoms with van der Waals surface area (Å²) in [4.78, 5) is 2.87. The van der Waals surface area contributed by atoms with Crippen molar-refractivity contribution in [2.45, 2.75) is 13.8 Å². The van der Waals surface area contributed by atoms with E-state index in [1.165, 1.54) is 16.3 Å². The Morgan fingerprint density at radius 2 is 1.75 bits per heavy atom. The van der Waals surface area contributed by atoms with Gasteiger partial charge >= 0.3 is 26.2 Å². The summed E-state index contributed by atoms with van der Waals surface area (Å²) in [7, 11) is 0. The molecule has 0 fully saturated rings. The smallest absolute Gasteiger partial charge is 1.00 e. The van der Waals surface area contributed by atoms with Crippen LogP contribution in [0, 0.1) is 20.0 Å². The molecule has 0 radical (unpaired) electrons. The number of allylic oxidation sites excluding steroid dienone is 1. The second kappa shape index (κ2) is 10.2. The number of halogens is 2. The fourth-order valence-corrected chi connectivity index (χ4v) is 1.59. The van der Waals surface area contributed by atoms with E-state index in [0.29, 0.717) is 0 Å². The molecule has 1 aromatic carbocycles. The molecule has 0 atom stereocenters. The van der Waals surface area contributed by atoms with Crippen LogP contribution in [0.3, 0.4) is 0 Å². The molecule has 2 aromatic rings. The van der Waals surface area contributed by atoms with E-state index < -0.39 is 0 Å². The van der Waals surface area contributed by atoms with Gasteiger partial charge in [-0.15, -0.1) is 46.6 Å². The van der Waals surface area contributed by atoms with Gasteiger partial charge in [0.25, 0.3) is 0 Å². The van der Waals surface area contributed by atoms with Crippen molar-refractivity contribution in [3.05, 3.63) is 70.4 Å². The topological polar surface area (TPSA) is 15.8 Å². The third-order valence-corrected chi connectivity index (χ3v) is 2.73. The van der Waals surface area contributed by atoms with Crippen LogP contribution in [0.5, 0.6) is 0 Å². The fraction of sp³-hybridized carbons (Fsp3) is 0.125. The van der Waals surface area contributed by atoms with Crippen LogP contribution in [0.4, 0.5) is 0 Å². The number of benzene rings is 1. The quantitative estimate of drug-likeness (QED) is 0.449. The minimum absolute atomic E-state index is 0. The first kappa shape index (κ1) is 21.7. The predicted molar refractivity (Wildman–Crippen MR) is 71.8 cm³/mol. The monoisotopic (exact) mass is 381 g/mol. The molecular formula is C16H15Cl2NZr. The molecule has 0 amide bonds. The standard InChI is InChI=1S/C10H7.C6H8N.2ClH.Zr/c1-8-6-9-4-2-3-5-10(9)7-8;1-5-3-7-4-6(5)2;;;/h2-6H,1H2;3,7H,1-2H3;2*1H;/q2*-1;;;+4/p-2. The van der Waals surface area contributed by atoms with Crippen molar-refractivity contribution in [3.8, 4) is 0 Å². The molecule has 0 saturated heterocycles. The summed E-state index contributed by atoms with van der Waals surface area (Å²) in [6.45, 7) is 7.89. The van der Waals surface area contributed by atoms with Gasteiger partial charge in [0.15, 0.2) is 0 Å². The Kier molecular flexibility index (Phi) is 11.1. The Bertz CT molecular complexity index is 606. The number of fused-ring (bicyclic) bond motifs is 1. The van der Waals surface area contributed by atoms with E-state index in [-0.39, 0.29) is 51.0 Å². The van der Waals surface area contributed by atoms with Gasteiger partial charge in [-0.2, -0.15) is 17.7 Å². The maximum absolute atomic E-state index is 3.80. The molecule has 20 heavy (non-hydrogen) atoms. The van der Waals surface area contributed by atoms with Crippen LogP contribution in [0.1, 0.15) is 11.1 Å². The van der Waals surface area contributed by atoms with Crippen LogP contribution in [-0.4, -0.2) is 4.98 Å². The second-order valence-electron chi connectivity index (χ2n) is 4.10. The van der Waals surface area contributed by atoms with Gasteiger partial charge in [0.1, 0.15) is 0 Å². The molecule has 0 spiro atoms. The van der Waals surface area contributed by atoms with E-state index >= 15 is 0 Å². The SMILES string of the molecule is C=C1[C-]=c2ccccc2=C1.Cc1[c-][nH]cc1C.[Cl-].[Cl-].[Zr+4]. The van der Waals surface area contributed by atoms with Crippen LogP contribution in [0.2, 0.25) is 0 Å². The van der Waals surface area contributed by atoms with Crippen LogP contribution in [0.25, 0.3) is 12.2 Å². The number of rotatable bonds is 0. The Balaban J connectivity index is 0. The number of aromatic amines is 1. The van der Waals surface area contributed by atoms with Crippen LogP contribution >= 0.6 is 0 Å². The van der Waals surface area contributed by atoms with Gasteiger partial charge in [-0.1, -0.05) is 32.0 Å². The van der Waals surface area contributed by atoms with Gasteiger partial charge in [-0.3, -0.25) is 0 Å². The maximum Gasteiger partial charge on any atom is 4.00 e. The van der Waals surface area contributed by atoms with E-state index in [2.05, 4.69) is 36.8 Å². The minimum atomic E-state index is 0. The number of hydrogen-bond donors (Lipinski definition) is 1. The third-order valence-electron chi connectivity index (χ3n) is 2.73. The molecule has 0 saturated carbocycles. The summed E-state index contributed by atoms with van der Waals surface area (Å²) in [6, 6.07) is 8.15. The molecule has 1 aliphatic rings. The Morgan fingerprint density at radius 1 is 1.10 bits per heavy atom. The third kappa shape index (κ3) is 5.83. The summed E-state index contributed by atoms with van der Waals surface area (Å²) < 4.78 is 0. The van der Waals surface area contributed by atoms with Crippen molar-refractivity contribution in [1.29, 1.82) is 0 Å². The number of aromatic nitrogens is 1. The van der Waals surface area contributed by atoms with Crippen molar-refractivity contribution < 1.29 is 51.0 Å². The van der Waals surface area contributed by atoms with E-state index in [4.69, 9.17) is 0 Å². The van der Waals surface area contributed by atoms with E-state index in [9.17, 15) is 0 Å². The average Bonchev–Trinajstić information content (AvgIpc) is 2.85. The van der Waals surface area contributed by atoms with E-state index in [1.807, 2.05) is 37.4 Å². The molecule has 1 nitrogen and oxygen atoms in total. The van der Waals surface area contributed by atoms with E-state index in [1.54, 1.807) is 0 Å². The zero-order valence-corrected chi connectivity index (χ0v) is 15.4. The van der Waals surface area contributed by atoms with Gasteiger partial charge < -0.3 is 29.8 Å². The minimum Gasteiger partial charge on any atom is -1.00 e. The summed E-state index contributed by atoms with van der Waals surface area (Å²) in [5.41, 5.74) is 3.46. The number of H-pyrrole nitrogens is 1. The number of hydrogen-bond acceptors (Lipinski definition) is 0.